The number of fused-ring (bicyclic) bond motifs is 1. The SMILES string of the molecule is CCc1ccc(CN2C(C(=O)O)CCC3CCCCC32)o1. The van der Waals surface area contributed by atoms with E-state index in [1.807, 2.05) is 12.1 Å². The minimum absolute atomic E-state index is 0.348. The van der Waals surface area contributed by atoms with Crippen molar-refractivity contribution in [2.75, 3.05) is 0 Å². The van der Waals surface area contributed by atoms with E-state index < -0.39 is 5.97 Å². The van der Waals surface area contributed by atoms with Crippen LogP contribution in [0, 0.1) is 5.92 Å². The van der Waals surface area contributed by atoms with Crippen molar-refractivity contribution in [1.82, 2.24) is 4.90 Å². The summed E-state index contributed by atoms with van der Waals surface area (Å²) in [5.41, 5.74) is 0. The zero-order valence-electron chi connectivity index (χ0n) is 12.8. The molecule has 3 rings (SSSR count). The van der Waals surface area contributed by atoms with Gasteiger partial charge in [0.1, 0.15) is 17.6 Å². The molecule has 116 valence electrons. The molecular formula is C17H25NO3. The van der Waals surface area contributed by atoms with Crippen molar-refractivity contribution < 1.29 is 14.3 Å². The normalized spacial score (nSPS) is 30.0. The molecule has 2 heterocycles. The molecule has 1 aromatic rings. The van der Waals surface area contributed by atoms with Gasteiger partial charge in [0, 0.05) is 12.5 Å². The zero-order valence-corrected chi connectivity index (χ0v) is 12.8. The molecule has 0 aromatic carbocycles. The van der Waals surface area contributed by atoms with Gasteiger partial charge in [0.25, 0.3) is 0 Å². The molecular weight excluding hydrogens is 266 g/mol. The standard InChI is InChI=1S/C17H25NO3/c1-2-13-8-9-14(21-13)11-18-15-6-4-3-5-12(15)7-10-16(18)17(19)20/h8-9,12,15-16H,2-7,10-11H2,1H3,(H,19,20). The van der Waals surface area contributed by atoms with Gasteiger partial charge in [-0.15, -0.1) is 0 Å². The molecule has 0 radical (unpaired) electrons. The van der Waals surface area contributed by atoms with E-state index in [4.69, 9.17) is 4.42 Å². The molecule has 4 heteroatoms. The van der Waals surface area contributed by atoms with Gasteiger partial charge in [0.2, 0.25) is 0 Å². The van der Waals surface area contributed by atoms with E-state index in [0.29, 0.717) is 18.5 Å². The zero-order chi connectivity index (χ0) is 14.8. The summed E-state index contributed by atoms with van der Waals surface area (Å²) in [7, 11) is 0. The topological polar surface area (TPSA) is 53.7 Å². The summed E-state index contributed by atoms with van der Waals surface area (Å²) in [6.45, 7) is 2.71. The van der Waals surface area contributed by atoms with Gasteiger partial charge >= 0.3 is 5.97 Å². The van der Waals surface area contributed by atoms with Crippen LogP contribution in [0.3, 0.4) is 0 Å². The van der Waals surface area contributed by atoms with Gasteiger partial charge < -0.3 is 9.52 Å². The van der Waals surface area contributed by atoms with Crippen LogP contribution in [0.1, 0.15) is 57.0 Å². The third kappa shape index (κ3) is 3.00. The number of carbonyl (C=O) groups is 1. The van der Waals surface area contributed by atoms with Gasteiger partial charge in [0.15, 0.2) is 0 Å². The van der Waals surface area contributed by atoms with E-state index in [9.17, 15) is 9.90 Å². The summed E-state index contributed by atoms with van der Waals surface area (Å²) in [5.74, 6) is 1.88. The number of piperidine rings is 1. The Labute approximate surface area is 126 Å². The van der Waals surface area contributed by atoms with Gasteiger partial charge in [-0.05, 0) is 43.7 Å². The molecule has 1 saturated heterocycles. The monoisotopic (exact) mass is 291 g/mol. The second kappa shape index (κ2) is 6.22. The quantitative estimate of drug-likeness (QED) is 0.923. The largest absolute Gasteiger partial charge is 0.480 e. The van der Waals surface area contributed by atoms with Crippen LogP contribution in [0.5, 0.6) is 0 Å². The number of hydrogen-bond donors (Lipinski definition) is 1. The van der Waals surface area contributed by atoms with Crippen LogP contribution in [0.15, 0.2) is 16.5 Å². The molecule has 4 nitrogen and oxygen atoms in total. The summed E-state index contributed by atoms with van der Waals surface area (Å²) < 4.78 is 5.81. The number of furan rings is 1. The highest BCUT2D eigenvalue weighted by Crippen LogP contribution is 2.38. The van der Waals surface area contributed by atoms with Crippen LogP contribution in [0.25, 0.3) is 0 Å². The van der Waals surface area contributed by atoms with Crippen molar-refractivity contribution in [2.45, 2.75) is 70.5 Å². The number of carboxylic acid groups (broad SMARTS) is 1. The third-order valence-electron chi connectivity index (χ3n) is 5.20. The molecule has 2 fully saturated rings. The van der Waals surface area contributed by atoms with Gasteiger partial charge in [-0.25, -0.2) is 0 Å². The summed E-state index contributed by atoms with van der Waals surface area (Å²) in [6.07, 6.45) is 7.64. The average molecular weight is 291 g/mol. The highest BCUT2D eigenvalue weighted by Gasteiger charge is 2.41. The average Bonchev–Trinajstić information content (AvgIpc) is 2.95. The lowest BCUT2D eigenvalue weighted by Gasteiger charge is -2.46. The number of aliphatic carboxylic acids is 1. The lowest BCUT2D eigenvalue weighted by molar-refractivity contribution is -0.148. The highest BCUT2D eigenvalue weighted by molar-refractivity contribution is 5.73. The second-order valence-electron chi connectivity index (χ2n) is 6.44. The van der Waals surface area contributed by atoms with E-state index in [0.717, 1.165) is 37.2 Å². The molecule has 0 spiro atoms. The van der Waals surface area contributed by atoms with Crippen LogP contribution in [-0.2, 0) is 17.8 Å². The van der Waals surface area contributed by atoms with E-state index in [1.165, 1.54) is 19.3 Å². The first-order valence-electron chi connectivity index (χ1n) is 8.25. The lowest BCUT2D eigenvalue weighted by atomic mass is 9.76. The molecule has 1 aromatic heterocycles. The molecule has 1 N–H and O–H groups in total. The summed E-state index contributed by atoms with van der Waals surface area (Å²) >= 11 is 0. The second-order valence-corrected chi connectivity index (χ2v) is 6.44. The fraction of sp³-hybridized carbons (Fsp3) is 0.706. The van der Waals surface area contributed by atoms with Crippen LogP contribution in [-0.4, -0.2) is 28.1 Å². The van der Waals surface area contributed by atoms with Gasteiger partial charge in [-0.1, -0.05) is 19.8 Å². The van der Waals surface area contributed by atoms with Gasteiger partial charge in [-0.2, -0.15) is 0 Å². The molecule has 1 saturated carbocycles. The van der Waals surface area contributed by atoms with Crippen molar-refractivity contribution in [2.24, 2.45) is 5.92 Å². The minimum Gasteiger partial charge on any atom is -0.480 e. The van der Waals surface area contributed by atoms with Crippen molar-refractivity contribution >= 4 is 5.97 Å². The van der Waals surface area contributed by atoms with E-state index >= 15 is 0 Å². The van der Waals surface area contributed by atoms with Crippen molar-refractivity contribution in [3.05, 3.63) is 23.7 Å². The molecule has 21 heavy (non-hydrogen) atoms. The number of rotatable bonds is 4. The smallest absolute Gasteiger partial charge is 0.320 e. The minimum atomic E-state index is -0.679. The first-order chi connectivity index (χ1) is 10.2. The molecule has 0 bridgehead atoms. The van der Waals surface area contributed by atoms with Crippen LogP contribution >= 0.6 is 0 Å². The Balaban J connectivity index is 1.80. The summed E-state index contributed by atoms with van der Waals surface area (Å²) in [5, 5.41) is 9.56. The molecule has 0 amide bonds. The van der Waals surface area contributed by atoms with Crippen molar-refractivity contribution in [1.29, 1.82) is 0 Å². The number of hydrogen-bond acceptors (Lipinski definition) is 3. The Morgan fingerprint density at radius 1 is 1.24 bits per heavy atom. The highest BCUT2D eigenvalue weighted by atomic mass is 16.4. The molecule has 3 unspecified atom stereocenters. The van der Waals surface area contributed by atoms with Crippen molar-refractivity contribution in [3.8, 4) is 0 Å². The molecule has 2 aliphatic rings. The van der Waals surface area contributed by atoms with Crippen LogP contribution in [0.2, 0.25) is 0 Å². The summed E-state index contributed by atoms with van der Waals surface area (Å²) in [6, 6.07) is 4.08. The summed E-state index contributed by atoms with van der Waals surface area (Å²) in [4.78, 5) is 13.8. The van der Waals surface area contributed by atoms with Gasteiger partial charge in [-0.3, -0.25) is 9.69 Å². The number of likely N-dealkylation sites (tertiary alicyclic amines) is 1. The maximum Gasteiger partial charge on any atom is 0.320 e. The first kappa shape index (κ1) is 14.6. The Morgan fingerprint density at radius 2 is 2.00 bits per heavy atom. The maximum absolute atomic E-state index is 11.6. The number of nitrogens with zero attached hydrogens (tertiary/aromatic N) is 1. The molecule has 1 aliphatic heterocycles. The van der Waals surface area contributed by atoms with Crippen LogP contribution in [0.4, 0.5) is 0 Å². The van der Waals surface area contributed by atoms with Crippen molar-refractivity contribution in [3.63, 3.8) is 0 Å². The fourth-order valence-corrected chi connectivity index (χ4v) is 4.10. The Morgan fingerprint density at radius 3 is 2.71 bits per heavy atom. The lowest BCUT2D eigenvalue weighted by Crippen LogP contribution is -2.54. The third-order valence-corrected chi connectivity index (χ3v) is 5.20. The van der Waals surface area contributed by atoms with Crippen LogP contribution < -0.4 is 0 Å². The predicted molar refractivity (Wildman–Crippen MR) is 80.0 cm³/mol. The number of aryl methyl sites for hydroxylation is 1. The Bertz CT molecular complexity index is 496. The Kier molecular flexibility index (Phi) is 4.34. The van der Waals surface area contributed by atoms with E-state index in [1.54, 1.807) is 0 Å². The van der Waals surface area contributed by atoms with Gasteiger partial charge in [0.05, 0.1) is 6.54 Å². The number of carboxylic acids is 1. The Hall–Kier alpha value is -1.29. The van der Waals surface area contributed by atoms with E-state index in [2.05, 4.69) is 11.8 Å². The first-order valence-corrected chi connectivity index (χ1v) is 8.25. The maximum atomic E-state index is 11.6. The predicted octanol–water partition coefficient (Wildman–Crippen LogP) is 3.45. The fourth-order valence-electron chi connectivity index (χ4n) is 4.10. The molecule has 3 atom stereocenters. The van der Waals surface area contributed by atoms with E-state index in [-0.39, 0.29) is 6.04 Å². The molecule has 1 aliphatic carbocycles.